The molecule has 0 bridgehead atoms. The summed E-state index contributed by atoms with van der Waals surface area (Å²) in [6, 6.07) is 2.51. The minimum atomic E-state index is 0.0489. The van der Waals surface area contributed by atoms with E-state index in [1.54, 1.807) is 7.11 Å². The summed E-state index contributed by atoms with van der Waals surface area (Å²) < 4.78 is 5.33. The zero-order chi connectivity index (χ0) is 11.6. The standard InChI is InChI=1S/C14H19NO/c1-14-8-7-13(16-2)9-11(14)5-3-4-6-12(14)10-15/h5,9,12H,3-4,6-8H2,1-2H3/t12-,14-/m1/s1. The highest BCUT2D eigenvalue weighted by atomic mass is 16.5. The van der Waals surface area contributed by atoms with Crippen molar-refractivity contribution in [2.75, 3.05) is 7.11 Å². The minimum absolute atomic E-state index is 0.0489. The van der Waals surface area contributed by atoms with Gasteiger partial charge < -0.3 is 4.74 Å². The van der Waals surface area contributed by atoms with Crippen LogP contribution in [-0.4, -0.2) is 7.11 Å². The van der Waals surface area contributed by atoms with E-state index in [-0.39, 0.29) is 11.3 Å². The lowest BCUT2D eigenvalue weighted by Crippen LogP contribution is -2.30. The lowest BCUT2D eigenvalue weighted by molar-refractivity contribution is 0.209. The molecule has 0 amide bonds. The molecule has 0 saturated heterocycles. The molecule has 0 fully saturated rings. The topological polar surface area (TPSA) is 33.0 Å². The molecule has 2 aliphatic rings. The average molecular weight is 217 g/mol. The van der Waals surface area contributed by atoms with Crippen molar-refractivity contribution in [2.24, 2.45) is 11.3 Å². The summed E-state index contributed by atoms with van der Waals surface area (Å²) >= 11 is 0. The van der Waals surface area contributed by atoms with Crippen molar-refractivity contribution < 1.29 is 4.74 Å². The van der Waals surface area contributed by atoms with Gasteiger partial charge in [0.2, 0.25) is 0 Å². The van der Waals surface area contributed by atoms with Gasteiger partial charge in [-0.05, 0) is 37.3 Å². The van der Waals surface area contributed by atoms with E-state index in [9.17, 15) is 5.26 Å². The molecule has 0 saturated carbocycles. The largest absolute Gasteiger partial charge is 0.501 e. The molecule has 0 radical (unpaired) electrons. The van der Waals surface area contributed by atoms with Gasteiger partial charge in [-0.25, -0.2) is 0 Å². The number of fused-ring (bicyclic) bond motifs is 1. The van der Waals surface area contributed by atoms with E-state index in [2.05, 4.69) is 25.1 Å². The van der Waals surface area contributed by atoms with Crippen LogP contribution in [-0.2, 0) is 4.74 Å². The fourth-order valence-electron chi connectivity index (χ4n) is 2.87. The number of ether oxygens (including phenoxy) is 1. The third-order valence-corrected chi connectivity index (χ3v) is 4.11. The number of hydrogen-bond acceptors (Lipinski definition) is 2. The van der Waals surface area contributed by atoms with Gasteiger partial charge in [0.15, 0.2) is 0 Å². The Morgan fingerprint density at radius 1 is 1.56 bits per heavy atom. The molecular weight excluding hydrogens is 198 g/mol. The van der Waals surface area contributed by atoms with E-state index in [1.165, 1.54) is 5.57 Å². The fourth-order valence-corrected chi connectivity index (χ4v) is 2.87. The van der Waals surface area contributed by atoms with Gasteiger partial charge in [0.05, 0.1) is 24.9 Å². The Morgan fingerprint density at radius 3 is 3.06 bits per heavy atom. The normalized spacial score (nSPS) is 33.9. The van der Waals surface area contributed by atoms with Crippen LogP contribution in [0.1, 0.15) is 39.0 Å². The molecule has 0 aliphatic heterocycles. The number of methoxy groups -OCH3 is 1. The highest BCUT2D eigenvalue weighted by Gasteiger charge is 2.40. The number of nitriles is 1. The quantitative estimate of drug-likeness (QED) is 0.672. The summed E-state index contributed by atoms with van der Waals surface area (Å²) in [7, 11) is 1.73. The van der Waals surface area contributed by atoms with Crippen molar-refractivity contribution in [1.29, 1.82) is 5.26 Å². The van der Waals surface area contributed by atoms with Crippen molar-refractivity contribution in [3.63, 3.8) is 0 Å². The van der Waals surface area contributed by atoms with Gasteiger partial charge in [-0.3, -0.25) is 0 Å². The molecule has 2 nitrogen and oxygen atoms in total. The van der Waals surface area contributed by atoms with Crippen LogP contribution in [0, 0.1) is 22.7 Å². The molecule has 0 unspecified atom stereocenters. The van der Waals surface area contributed by atoms with Gasteiger partial charge in [0, 0.05) is 11.8 Å². The van der Waals surface area contributed by atoms with Gasteiger partial charge in [-0.1, -0.05) is 13.0 Å². The maximum atomic E-state index is 9.31. The molecule has 2 aliphatic carbocycles. The van der Waals surface area contributed by atoms with Crippen LogP contribution in [0.4, 0.5) is 0 Å². The summed E-state index contributed by atoms with van der Waals surface area (Å²) in [5, 5.41) is 9.31. The second kappa shape index (κ2) is 4.33. The Kier molecular flexibility index (Phi) is 3.05. The number of hydrogen-bond donors (Lipinski definition) is 0. The van der Waals surface area contributed by atoms with Crippen LogP contribution in [0.2, 0.25) is 0 Å². The molecule has 0 N–H and O–H groups in total. The van der Waals surface area contributed by atoms with Crippen molar-refractivity contribution in [1.82, 2.24) is 0 Å². The smallest absolute Gasteiger partial charge is 0.0958 e. The van der Waals surface area contributed by atoms with Gasteiger partial charge in [0.25, 0.3) is 0 Å². The minimum Gasteiger partial charge on any atom is -0.501 e. The van der Waals surface area contributed by atoms with E-state index in [1.807, 2.05) is 0 Å². The summed E-state index contributed by atoms with van der Waals surface area (Å²) in [5.74, 6) is 1.22. The molecule has 0 spiro atoms. The predicted molar refractivity (Wildman–Crippen MR) is 63.5 cm³/mol. The van der Waals surface area contributed by atoms with Gasteiger partial charge in [-0.15, -0.1) is 0 Å². The highest BCUT2D eigenvalue weighted by molar-refractivity contribution is 5.34. The monoisotopic (exact) mass is 217 g/mol. The van der Waals surface area contributed by atoms with Crippen LogP contribution in [0.15, 0.2) is 23.5 Å². The second-order valence-corrected chi connectivity index (χ2v) is 5.00. The lowest BCUT2D eigenvalue weighted by Gasteiger charge is -2.37. The van der Waals surface area contributed by atoms with Crippen molar-refractivity contribution in [3.05, 3.63) is 23.5 Å². The van der Waals surface area contributed by atoms with Gasteiger partial charge in [-0.2, -0.15) is 5.26 Å². The number of allylic oxidation sites excluding steroid dienone is 4. The molecule has 0 aromatic carbocycles. The predicted octanol–water partition coefficient (Wildman–Crippen LogP) is 3.57. The fraction of sp³-hybridized carbons (Fsp3) is 0.643. The first kappa shape index (κ1) is 11.3. The maximum Gasteiger partial charge on any atom is 0.0958 e. The summed E-state index contributed by atoms with van der Waals surface area (Å²) in [6.07, 6.45) is 9.71. The zero-order valence-electron chi connectivity index (χ0n) is 10.1. The van der Waals surface area contributed by atoms with Gasteiger partial charge in [0.1, 0.15) is 0 Å². The Labute approximate surface area is 97.6 Å². The van der Waals surface area contributed by atoms with Crippen molar-refractivity contribution in [3.8, 4) is 6.07 Å². The molecule has 16 heavy (non-hydrogen) atoms. The molecule has 2 atom stereocenters. The van der Waals surface area contributed by atoms with Crippen LogP contribution < -0.4 is 0 Å². The molecule has 2 heteroatoms. The van der Waals surface area contributed by atoms with Crippen molar-refractivity contribution in [2.45, 2.75) is 39.0 Å². The Morgan fingerprint density at radius 2 is 2.38 bits per heavy atom. The molecular formula is C14H19NO. The SMILES string of the molecule is COC1=CC2=CCCC[C@H](C#N)[C@]2(C)CC1. The zero-order valence-corrected chi connectivity index (χ0v) is 10.1. The van der Waals surface area contributed by atoms with E-state index >= 15 is 0 Å². The highest BCUT2D eigenvalue weighted by Crippen LogP contribution is 2.48. The van der Waals surface area contributed by atoms with Crippen LogP contribution >= 0.6 is 0 Å². The first-order valence-corrected chi connectivity index (χ1v) is 6.05. The Bertz CT molecular complexity index is 375. The summed E-state index contributed by atoms with van der Waals surface area (Å²) in [4.78, 5) is 0. The summed E-state index contributed by atoms with van der Waals surface area (Å²) in [6.45, 7) is 2.24. The van der Waals surface area contributed by atoms with Crippen LogP contribution in [0.5, 0.6) is 0 Å². The Balaban J connectivity index is 2.38. The second-order valence-electron chi connectivity index (χ2n) is 5.00. The first-order valence-electron chi connectivity index (χ1n) is 6.05. The van der Waals surface area contributed by atoms with Crippen molar-refractivity contribution >= 4 is 0 Å². The van der Waals surface area contributed by atoms with E-state index in [4.69, 9.17) is 4.74 Å². The van der Waals surface area contributed by atoms with E-state index < -0.39 is 0 Å². The number of rotatable bonds is 1. The molecule has 86 valence electrons. The molecule has 0 heterocycles. The lowest BCUT2D eigenvalue weighted by atomic mass is 9.66. The number of nitrogens with zero attached hydrogens (tertiary/aromatic N) is 1. The maximum absolute atomic E-state index is 9.31. The molecule has 0 aromatic rings. The first-order chi connectivity index (χ1) is 7.70. The Hall–Kier alpha value is -1.23. The molecule has 0 aromatic heterocycles. The third kappa shape index (κ3) is 1.75. The van der Waals surface area contributed by atoms with E-state index in [0.717, 1.165) is 37.9 Å². The third-order valence-electron chi connectivity index (χ3n) is 4.11. The van der Waals surface area contributed by atoms with Gasteiger partial charge >= 0.3 is 0 Å². The van der Waals surface area contributed by atoms with E-state index in [0.29, 0.717) is 0 Å². The average Bonchev–Trinajstić information content (AvgIpc) is 2.46. The van der Waals surface area contributed by atoms with Crippen LogP contribution in [0.25, 0.3) is 0 Å². The summed E-state index contributed by atoms with van der Waals surface area (Å²) in [5.41, 5.74) is 1.37. The molecule has 2 rings (SSSR count). The van der Waals surface area contributed by atoms with Crippen LogP contribution in [0.3, 0.4) is 0 Å².